The summed E-state index contributed by atoms with van der Waals surface area (Å²) in [5.74, 6) is -0.151. The van der Waals surface area contributed by atoms with E-state index in [-0.39, 0.29) is 20.7 Å². The molecule has 0 aromatic heterocycles. The maximum Gasteiger partial charge on any atom is 0.408 e. The van der Waals surface area contributed by atoms with Crippen molar-refractivity contribution in [2.45, 2.75) is 37.9 Å². The van der Waals surface area contributed by atoms with Gasteiger partial charge in [-0.25, -0.2) is 8.42 Å². The number of alkyl halides is 3. The normalized spacial score (nSPS) is 13.4. The first-order chi connectivity index (χ1) is 12.8. The minimum atomic E-state index is -4.90. The summed E-state index contributed by atoms with van der Waals surface area (Å²) in [7, 11) is -4.46. The molecule has 0 aliphatic heterocycles. The Bertz CT molecular complexity index is 935. The highest BCUT2D eigenvalue weighted by molar-refractivity contribution is 7.89. The number of halogens is 5. The van der Waals surface area contributed by atoms with Gasteiger partial charge in [0, 0.05) is 0 Å². The van der Waals surface area contributed by atoms with E-state index in [1.54, 1.807) is 23.8 Å². The molecule has 0 saturated heterocycles. The number of nitrogens with one attached hydrogen (secondary N) is 1. The molecule has 0 aliphatic rings. The fourth-order valence-corrected chi connectivity index (χ4v) is 4.99. The highest BCUT2D eigenvalue weighted by Crippen LogP contribution is 2.33. The molecule has 154 valence electrons. The first-order valence-corrected chi connectivity index (χ1v) is 10.3. The van der Waals surface area contributed by atoms with Crippen LogP contribution in [-0.4, -0.2) is 27.2 Å². The van der Waals surface area contributed by atoms with Crippen molar-refractivity contribution in [3.8, 4) is 5.75 Å². The van der Waals surface area contributed by atoms with Gasteiger partial charge < -0.3 is 4.74 Å². The third-order valence-corrected chi connectivity index (χ3v) is 6.25. The molecule has 4 nitrogen and oxygen atoms in total. The number of para-hydroxylation sites is 1. The molecule has 1 unspecified atom stereocenters. The number of ether oxygens (including phenoxy) is 1. The van der Waals surface area contributed by atoms with Gasteiger partial charge in [0.25, 0.3) is 0 Å². The molecule has 0 fully saturated rings. The highest BCUT2D eigenvalue weighted by atomic mass is 35.5. The van der Waals surface area contributed by atoms with E-state index in [2.05, 4.69) is 0 Å². The van der Waals surface area contributed by atoms with Gasteiger partial charge in [0.2, 0.25) is 10.0 Å². The molecule has 0 amide bonds. The van der Waals surface area contributed by atoms with Gasteiger partial charge in [0.05, 0.1) is 14.9 Å². The van der Waals surface area contributed by atoms with Crippen LogP contribution in [0.2, 0.25) is 10.0 Å². The molecular weight excluding hydrogens is 438 g/mol. The Kier molecular flexibility index (Phi) is 6.91. The number of aryl methyl sites for hydroxylation is 3. The second kappa shape index (κ2) is 8.49. The van der Waals surface area contributed by atoms with Gasteiger partial charge >= 0.3 is 6.18 Å². The molecule has 2 aromatic carbocycles. The lowest BCUT2D eigenvalue weighted by atomic mass is 10.1. The maximum absolute atomic E-state index is 13.5. The van der Waals surface area contributed by atoms with Crippen molar-refractivity contribution in [1.82, 2.24) is 4.72 Å². The molecule has 28 heavy (non-hydrogen) atoms. The van der Waals surface area contributed by atoms with Crippen LogP contribution >= 0.6 is 23.2 Å². The van der Waals surface area contributed by atoms with Gasteiger partial charge in [-0.05, 0) is 44.0 Å². The standard InChI is InChI=1S/C18H18Cl2F3NO3S/c1-10-7-11(2)17(12(3)8-10)28(25,26)24-15(18(21,22)23)9-27-16-13(19)5-4-6-14(16)20/h4-8,15,24H,9H2,1-3H3. The minimum absolute atomic E-state index is 0.0153. The van der Waals surface area contributed by atoms with E-state index in [0.29, 0.717) is 11.1 Å². The van der Waals surface area contributed by atoms with E-state index in [1.165, 1.54) is 32.0 Å². The van der Waals surface area contributed by atoms with Gasteiger partial charge in [-0.2, -0.15) is 17.9 Å². The molecule has 0 spiro atoms. The van der Waals surface area contributed by atoms with Crippen LogP contribution in [0, 0.1) is 20.8 Å². The predicted octanol–water partition coefficient (Wildman–Crippen LogP) is 5.21. The molecule has 1 atom stereocenters. The summed E-state index contributed by atoms with van der Waals surface area (Å²) < 4.78 is 72.5. The van der Waals surface area contributed by atoms with Gasteiger partial charge in [0.15, 0.2) is 11.8 Å². The molecule has 10 heteroatoms. The van der Waals surface area contributed by atoms with Crippen molar-refractivity contribution < 1.29 is 26.3 Å². The SMILES string of the molecule is Cc1cc(C)c(S(=O)(=O)NC(COc2c(Cl)cccc2Cl)C(F)(F)F)c(C)c1. The second-order valence-corrected chi connectivity index (χ2v) is 8.77. The van der Waals surface area contributed by atoms with Gasteiger partial charge in [-0.3, -0.25) is 0 Å². The van der Waals surface area contributed by atoms with Gasteiger partial charge in [-0.15, -0.1) is 0 Å². The summed E-state index contributed by atoms with van der Waals surface area (Å²) in [4.78, 5) is -0.192. The minimum Gasteiger partial charge on any atom is -0.488 e. The van der Waals surface area contributed by atoms with E-state index in [1.807, 2.05) is 0 Å². The molecule has 0 aliphatic carbocycles. The van der Waals surface area contributed by atoms with E-state index < -0.39 is 28.8 Å². The predicted molar refractivity (Wildman–Crippen MR) is 103 cm³/mol. The number of hydrogen-bond donors (Lipinski definition) is 1. The Morgan fingerprint density at radius 2 is 1.57 bits per heavy atom. The second-order valence-electron chi connectivity index (χ2n) is 6.31. The van der Waals surface area contributed by atoms with Crippen LogP contribution in [0.5, 0.6) is 5.75 Å². The van der Waals surface area contributed by atoms with E-state index >= 15 is 0 Å². The van der Waals surface area contributed by atoms with Crippen molar-refractivity contribution >= 4 is 33.2 Å². The molecular formula is C18H18Cl2F3NO3S. The van der Waals surface area contributed by atoms with E-state index in [9.17, 15) is 21.6 Å². The quantitative estimate of drug-likeness (QED) is 0.650. The number of sulfonamides is 1. The molecule has 1 N–H and O–H groups in total. The Balaban J connectivity index is 2.32. The highest BCUT2D eigenvalue weighted by Gasteiger charge is 2.43. The third kappa shape index (κ3) is 5.31. The molecule has 0 heterocycles. The smallest absolute Gasteiger partial charge is 0.408 e. The van der Waals surface area contributed by atoms with Crippen LogP contribution in [-0.2, 0) is 10.0 Å². The van der Waals surface area contributed by atoms with Crippen LogP contribution in [0.25, 0.3) is 0 Å². The lowest BCUT2D eigenvalue weighted by Crippen LogP contribution is -2.49. The number of rotatable bonds is 6. The van der Waals surface area contributed by atoms with Crippen LogP contribution in [0.15, 0.2) is 35.2 Å². The Hall–Kier alpha value is -1.48. The Morgan fingerprint density at radius 3 is 2.04 bits per heavy atom. The zero-order valence-corrected chi connectivity index (χ0v) is 17.5. The summed E-state index contributed by atoms with van der Waals surface area (Å²) in [5.41, 5.74) is 1.50. The first kappa shape index (κ1) is 22.8. The van der Waals surface area contributed by atoms with E-state index in [4.69, 9.17) is 27.9 Å². The average molecular weight is 456 g/mol. The van der Waals surface area contributed by atoms with Gasteiger partial charge in [-0.1, -0.05) is 47.0 Å². The lowest BCUT2D eigenvalue weighted by Gasteiger charge is -2.23. The summed E-state index contributed by atoms with van der Waals surface area (Å²) in [6.45, 7) is 3.79. The summed E-state index contributed by atoms with van der Waals surface area (Å²) in [6, 6.07) is 4.98. The van der Waals surface area contributed by atoms with Gasteiger partial charge in [0.1, 0.15) is 6.61 Å². The Labute approximate surface area is 171 Å². The number of benzene rings is 2. The van der Waals surface area contributed by atoms with Crippen molar-refractivity contribution in [2.75, 3.05) is 6.61 Å². The van der Waals surface area contributed by atoms with Crippen molar-refractivity contribution in [3.63, 3.8) is 0 Å². The molecule has 0 radical (unpaired) electrons. The largest absolute Gasteiger partial charge is 0.488 e. The van der Waals surface area contributed by atoms with Crippen molar-refractivity contribution in [2.24, 2.45) is 0 Å². The van der Waals surface area contributed by atoms with Crippen LogP contribution in [0.4, 0.5) is 13.2 Å². The van der Waals surface area contributed by atoms with Crippen molar-refractivity contribution in [3.05, 3.63) is 57.1 Å². The topological polar surface area (TPSA) is 55.4 Å². The Morgan fingerprint density at radius 1 is 1.07 bits per heavy atom. The van der Waals surface area contributed by atoms with Crippen LogP contribution < -0.4 is 9.46 Å². The molecule has 2 aromatic rings. The molecule has 0 saturated carbocycles. The lowest BCUT2D eigenvalue weighted by molar-refractivity contribution is -0.157. The zero-order valence-electron chi connectivity index (χ0n) is 15.2. The molecule has 2 rings (SSSR count). The van der Waals surface area contributed by atoms with Crippen LogP contribution in [0.1, 0.15) is 16.7 Å². The molecule has 0 bridgehead atoms. The first-order valence-electron chi connectivity index (χ1n) is 8.06. The fraction of sp³-hybridized carbons (Fsp3) is 0.333. The van der Waals surface area contributed by atoms with Crippen molar-refractivity contribution in [1.29, 1.82) is 0 Å². The third-order valence-electron chi connectivity index (χ3n) is 3.88. The monoisotopic (exact) mass is 455 g/mol. The average Bonchev–Trinajstić information content (AvgIpc) is 2.50. The van der Waals surface area contributed by atoms with E-state index in [0.717, 1.165) is 5.56 Å². The summed E-state index contributed by atoms with van der Waals surface area (Å²) in [6.07, 6.45) is -4.90. The fourth-order valence-electron chi connectivity index (χ4n) is 2.82. The summed E-state index contributed by atoms with van der Waals surface area (Å²) in [5, 5.41) is 0.0306. The number of hydrogen-bond acceptors (Lipinski definition) is 3. The summed E-state index contributed by atoms with van der Waals surface area (Å²) >= 11 is 11.8. The zero-order chi connectivity index (χ0) is 21.3. The van der Waals surface area contributed by atoms with Crippen LogP contribution in [0.3, 0.4) is 0 Å². The maximum atomic E-state index is 13.5.